The number of nitrogens with zero attached hydrogens (tertiary/aromatic N) is 3. The van der Waals surface area contributed by atoms with Crippen molar-refractivity contribution in [2.24, 2.45) is 0 Å². The molecule has 2 aliphatic heterocycles. The highest BCUT2D eigenvalue weighted by Crippen LogP contribution is 2.26. The van der Waals surface area contributed by atoms with Crippen molar-refractivity contribution >= 4 is 17.8 Å². The largest absolute Gasteiger partial charge is 0.542 e. The Morgan fingerprint density at radius 3 is 2.00 bits per heavy atom. The number of carboxylic acids is 2. The van der Waals surface area contributed by atoms with Crippen LogP contribution in [0, 0.1) is 5.82 Å². The molecule has 0 radical (unpaired) electrons. The number of rotatable bonds is 8. The van der Waals surface area contributed by atoms with Crippen molar-refractivity contribution in [1.29, 1.82) is 0 Å². The molecule has 0 bridgehead atoms. The summed E-state index contributed by atoms with van der Waals surface area (Å²) in [7, 11) is 4.59. The summed E-state index contributed by atoms with van der Waals surface area (Å²) in [5, 5.41) is 22.4. The second-order valence-corrected chi connectivity index (χ2v) is 14.2. The van der Waals surface area contributed by atoms with Crippen molar-refractivity contribution in [2.75, 3.05) is 53.4 Å². The molecule has 17 heteroatoms. The number of alkyl halides is 6. The van der Waals surface area contributed by atoms with Gasteiger partial charge in [-0.15, -0.1) is 0 Å². The van der Waals surface area contributed by atoms with Gasteiger partial charge in [0, 0.05) is 63.0 Å². The van der Waals surface area contributed by atoms with E-state index in [1.165, 1.54) is 11.6 Å². The number of benzene rings is 3. The first-order valence-electron chi connectivity index (χ1n) is 17.4. The van der Waals surface area contributed by atoms with E-state index < -0.39 is 24.3 Å². The molecule has 0 aromatic heterocycles. The predicted molar refractivity (Wildman–Crippen MR) is 189 cm³/mol. The van der Waals surface area contributed by atoms with Crippen LogP contribution in [-0.2, 0) is 29.2 Å². The summed E-state index contributed by atoms with van der Waals surface area (Å²) in [4.78, 5) is 35.7. The summed E-state index contributed by atoms with van der Waals surface area (Å²) in [5.41, 5.74) is 5.27. The molecular formula is C38H46F7N5O5. The molecule has 5 rings (SSSR count). The van der Waals surface area contributed by atoms with Crippen LogP contribution in [0.25, 0.3) is 11.1 Å². The van der Waals surface area contributed by atoms with Gasteiger partial charge in [-0.1, -0.05) is 36.4 Å². The molecule has 2 aliphatic rings. The molecule has 3 aromatic rings. The van der Waals surface area contributed by atoms with Crippen LogP contribution in [0.4, 0.5) is 30.7 Å². The van der Waals surface area contributed by atoms with E-state index in [9.17, 15) is 35.5 Å². The first kappa shape index (κ1) is 44.8. The zero-order valence-electron chi connectivity index (χ0n) is 30.9. The number of carboxylic acid groups (broad SMARTS) is 2. The number of likely N-dealkylation sites (N-methyl/N-ethyl adjacent to an activating group) is 1. The minimum atomic E-state index is -5.19. The van der Waals surface area contributed by atoms with Gasteiger partial charge in [-0.3, -0.25) is 14.6 Å². The van der Waals surface area contributed by atoms with Gasteiger partial charge in [0.1, 0.15) is 11.8 Å². The van der Waals surface area contributed by atoms with Crippen molar-refractivity contribution in [3.05, 3.63) is 94.8 Å². The van der Waals surface area contributed by atoms with E-state index in [0.29, 0.717) is 29.8 Å². The highest BCUT2D eigenvalue weighted by Gasteiger charge is 2.38. The van der Waals surface area contributed by atoms with Gasteiger partial charge in [0.05, 0.1) is 33.2 Å². The molecule has 0 saturated carbocycles. The first-order valence-corrected chi connectivity index (χ1v) is 17.4. The average molecular weight is 786 g/mol. The Balaban J connectivity index is 0.000000494. The molecule has 1 amide bonds. The van der Waals surface area contributed by atoms with Gasteiger partial charge in [-0.25, -0.2) is 9.18 Å². The lowest BCUT2D eigenvalue weighted by molar-refractivity contribution is -0.917. The SMILES string of the molecule is CC1CN(Cc2cccc(C(=O)NCc3ccc(F)c(-c4cccc(CN5CCN[C@@H](C)C5)c4)c3)c2)CC[N+]1(C)C.O=C(O)C(F)(F)F.O=C([O-])C(F)(F)F. The van der Waals surface area contributed by atoms with E-state index in [0.717, 1.165) is 73.5 Å². The molecule has 3 aromatic carbocycles. The standard InChI is InChI=1S/C34H44FN5O.2C2HF3O2/c1-25-21-38(14-13-36-25)23-28-7-5-9-30(17-28)32-19-27(11-12-33(32)35)20-37-34(41)31-10-6-8-29(18-31)24-39-15-16-40(3,4)26(2)22-39;2*3-2(4,5)1(6)7/h5-12,17-19,25-26,36H,13-16,20-24H2,1-4H3;2*(H,6,7)/t25-,26?;;/m0../s1. The molecule has 1 unspecified atom stereocenters. The van der Waals surface area contributed by atoms with Gasteiger partial charge in [0.15, 0.2) is 0 Å². The van der Waals surface area contributed by atoms with Crippen molar-refractivity contribution in [3.8, 4) is 11.1 Å². The summed E-state index contributed by atoms with van der Waals surface area (Å²) in [6.45, 7) is 12.8. The fraction of sp³-hybridized carbons (Fsp3) is 0.447. The number of amides is 1. The summed E-state index contributed by atoms with van der Waals surface area (Å²) < 4.78 is 79.3. The highest BCUT2D eigenvalue weighted by atomic mass is 19.4. The van der Waals surface area contributed by atoms with Gasteiger partial charge in [-0.2, -0.15) is 26.3 Å². The Labute approximate surface area is 315 Å². The monoisotopic (exact) mass is 785 g/mol. The number of hydrogen-bond acceptors (Lipinski definition) is 7. The van der Waals surface area contributed by atoms with Gasteiger partial charge in [-0.05, 0) is 66.4 Å². The average Bonchev–Trinajstić information content (AvgIpc) is 3.09. The maximum absolute atomic E-state index is 15.0. The fourth-order valence-electron chi connectivity index (χ4n) is 5.96. The van der Waals surface area contributed by atoms with Gasteiger partial charge in [0.2, 0.25) is 0 Å². The molecule has 0 spiro atoms. The zero-order chi connectivity index (χ0) is 41.1. The molecular weight excluding hydrogens is 739 g/mol. The smallest absolute Gasteiger partial charge is 0.490 e. The number of carbonyl (C=O) groups excluding carboxylic acids is 2. The van der Waals surface area contributed by atoms with E-state index in [1.807, 2.05) is 36.4 Å². The maximum atomic E-state index is 15.0. The molecule has 3 N–H and O–H groups in total. The normalized spacial score (nSPS) is 18.9. The number of quaternary nitrogens is 1. The Morgan fingerprint density at radius 1 is 0.855 bits per heavy atom. The number of hydrogen-bond donors (Lipinski definition) is 3. The Bertz CT molecular complexity index is 1750. The number of nitrogens with one attached hydrogen (secondary N) is 2. The van der Waals surface area contributed by atoms with Gasteiger partial charge >= 0.3 is 18.3 Å². The number of carbonyl (C=O) groups is 3. The minimum Gasteiger partial charge on any atom is -0.542 e. The van der Waals surface area contributed by atoms with Crippen molar-refractivity contribution in [1.82, 2.24) is 20.4 Å². The minimum absolute atomic E-state index is 0.116. The van der Waals surface area contributed by atoms with E-state index in [1.54, 1.807) is 6.07 Å². The zero-order valence-corrected chi connectivity index (χ0v) is 30.9. The van der Waals surface area contributed by atoms with Crippen LogP contribution in [0.15, 0.2) is 66.7 Å². The second kappa shape index (κ2) is 19.3. The van der Waals surface area contributed by atoms with Gasteiger partial charge in [0.25, 0.3) is 5.91 Å². The highest BCUT2D eigenvalue weighted by molar-refractivity contribution is 5.94. The predicted octanol–water partition coefficient (Wildman–Crippen LogP) is 4.43. The van der Waals surface area contributed by atoms with Crippen LogP contribution in [0.2, 0.25) is 0 Å². The Kier molecular flexibility index (Phi) is 15.8. The van der Waals surface area contributed by atoms with Crippen molar-refractivity contribution in [2.45, 2.75) is 57.9 Å². The number of halogens is 7. The Morgan fingerprint density at radius 2 is 1.44 bits per heavy atom. The van der Waals surface area contributed by atoms with Gasteiger partial charge < -0.3 is 30.1 Å². The first-order chi connectivity index (χ1) is 25.5. The van der Waals surface area contributed by atoms with E-state index in [-0.39, 0.29) is 11.7 Å². The molecule has 2 saturated heterocycles. The number of aliphatic carboxylic acids is 2. The summed E-state index contributed by atoms with van der Waals surface area (Å²) in [5.74, 6) is -6.13. The summed E-state index contributed by atoms with van der Waals surface area (Å²) in [6.07, 6.45) is -10.3. The molecule has 2 atom stereocenters. The van der Waals surface area contributed by atoms with Crippen LogP contribution in [0.1, 0.15) is 40.9 Å². The molecule has 302 valence electrons. The third-order valence-corrected chi connectivity index (χ3v) is 9.36. The second-order valence-electron chi connectivity index (χ2n) is 14.2. The summed E-state index contributed by atoms with van der Waals surface area (Å²) >= 11 is 0. The van der Waals surface area contributed by atoms with Crippen LogP contribution < -0.4 is 15.7 Å². The third-order valence-electron chi connectivity index (χ3n) is 9.36. The van der Waals surface area contributed by atoms with Crippen LogP contribution >= 0.6 is 0 Å². The lowest BCUT2D eigenvalue weighted by Crippen LogP contribution is -2.59. The van der Waals surface area contributed by atoms with Crippen LogP contribution in [0.5, 0.6) is 0 Å². The van der Waals surface area contributed by atoms with E-state index in [4.69, 9.17) is 19.8 Å². The molecule has 2 fully saturated rings. The van der Waals surface area contributed by atoms with E-state index >= 15 is 0 Å². The lowest BCUT2D eigenvalue weighted by atomic mass is 10.00. The molecule has 0 aliphatic carbocycles. The summed E-state index contributed by atoms with van der Waals surface area (Å²) in [6, 6.07) is 22.2. The number of piperazine rings is 2. The molecule has 10 nitrogen and oxygen atoms in total. The molecule has 55 heavy (non-hydrogen) atoms. The topological polar surface area (TPSA) is 125 Å². The van der Waals surface area contributed by atoms with Crippen LogP contribution in [0.3, 0.4) is 0 Å². The van der Waals surface area contributed by atoms with Crippen LogP contribution in [-0.4, -0.2) is 115 Å². The molecule has 2 heterocycles. The van der Waals surface area contributed by atoms with Crippen molar-refractivity contribution in [3.63, 3.8) is 0 Å². The fourth-order valence-corrected chi connectivity index (χ4v) is 5.96. The maximum Gasteiger partial charge on any atom is 0.490 e. The Hall–Kier alpha value is -4.58. The van der Waals surface area contributed by atoms with Crippen molar-refractivity contribution < 1.29 is 59.8 Å². The van der Waals surface area contributed by atoms with E-state index in [2.05, 4.69) is 66.6 Å². The lowest BCUT2D eigenvalue weighted by Gasteiger charge is -2.44. The quantitative estimate of drug-likeness (QED) is 0.227. The third kappa shape index (κ3) is 14.5.